The minimum Gasteiger partial charge on any atom is -0.481 e. The standard InChI is InChI=1S/C14H17N3O2/c1-8(2)13-16-12(9(3)14(18)17-13)10-5-6-11(19-4)15-7-10/h5-8H,1-4H3,(H,16,17,18). The fourth-order valence-corrected chi connectivity index (χ4v) is 1.75. The van der Waals surface area contributed by atoms with Gasteiger partial charge in [-0.05, 0) is 13.0 Å². The monoisotopic (exact) mass is 259 g/mol. The average molecular weight is 259 g/mol. The van der Waals surface area contributed by atoms with Gasteiger partial charge in [0.1, 0.15) is 5.82 Å². The normalized spacial score (nSPS) is 10.8. The van der Waals surface area contributed by atoms with Gasteiger partial charge in [0.15, 0.2) is 0 Å². The smallest absolute Gasteiger partial charge is 0.254 e. The molecule has 0 atom stereocenters. The van der Waals surface area contributed by atoms with Crippen molar-refractivity contribution in [2.75, 3.05) is 7.11 Å². The van der Waals surface area contributed by atoms with Gasteiger partial charge in [0, 0.05) is 29.3 Å². The van der Waals surface area contributed by atoms with Crippen LogP contribution in [-0.4, -0.2) is 22.1 Å². The molecule has 2 aromatic heterocycles. The van der Waals surface area contributed by atoms with Crippen LogP contribution in [0.3, 0.4) is 0 Å². The maximum absolute atomic E-state index is 11.9. The van der Waals surface area contributed by atoms with E-state index in [0.29, 0.717) is 23.0 Å². The van der Waals surface area contributed by atoms with E-state index in [1.165, 1.54) is 0 Å². The van der Waals surface area contributed by atoms with Crippen LogP contribution in [0.2, 0.25) is 0 Å². The van der Waals surface area contributed by atoms with E-state index in [9.17, 15) is 4.79 Å². The fraction of sp³-hybridized carbons (Fsp3) is 0.357. The number of hydrogen-bond acceptors (Lipinski definition) is 4. The molecule has 2 heterocycles. The van der Waals surface area contributed by atoms with Gasteiger partial charge in [-0.2, -0.15) is 0 Å². The Morgan fingerprint density at radius 2 is 2.05 bits per heavy atom. The van der Waals surface area contributed by atoms with Gasteiger partial charge in [-0.3, -0.25) is 4.79 Å². The third kappa shape index (κ3) is 2.65. The first-order valence-corrected chi connectivity index (χ1v) is 6.14. The van der Waals surface area contributed by atoms with Gasteiger partial charge >= 0.3 is 0 Å². The molecule has 0 saturated carbocycles. The van der Waals surface area contributed by atoms with E-state index in [-0.39, 0.29) is 11.5 Å². The first-order chi connectivity index (χ1) is 9.02. The van der Waals surface area contributed by atoms with Crippen molar-refractivity contribution in [2.45, 2.75) is 26.7 Å². The van der Waals surface area contributed by atoms with Gasteiger partial charge in [-0.15, -0.1) is 0 Å². The van der Waals surface area contributed by atoms with Crippen LogP contribution in [0.5, 0.6) is 5.88 Å². The molecular formula is C14H17N3O2. The summed E-state index contributed by atoms with van der Waals surface area (Å²) in [7, 11) is 1.57. The number of methoxy groups -OCH3 is 1. The van der Waals surface area contributed by atoms with E-state index >= 15 is 0 Å². The lowest BCUT2D eigenvalue weighted by atomic mass is 10.1. The largest absolute Gasteiger partial charge is 0.481 e. The molecule has 0 unspecified atom stereocenters. The number of rotatable bonds is 3. The van der Waals surface area contributed by atoms with Crippen molar-refractivity contribution in [3.8, 4) is 17.1 Å². The Kier molecular flexibility index (Phi) is 3.64. The molecule has 5 heteroatoms. The number of ether oxygens (including phenoxy) is 1. The van der Waals surface area contributed by atoms with Crippen LogP contribution in [0.1, 0.15) is 31.2 Å². The van der Waals surface area contributed by atoms with E-state index in [1.807, 2.05) is 19.9 Å². The van der Waals surface area contributed by atoms with E-state index in [4.69, 9.17) is 4.74 Å². The highest BCUT2D eigenvalue weighted by Gasteiger charge is 2.12. The summed E-state index contributed by atoms with van der Waals surface area (Å²) in [4.78, 5) is 23.4. The SMILES string of the molecule is COc1ccc(-c2nc(C(C)C)[nH]c(=O)c2C)cn1. The maximum Gasteiger partial charge on any atom is 0.254 e. The molecule has 0 aliphatic rings. The summed E-state index contributed by atoms with van der Waals surface area (Å²) in [5, 5.41) is 0. The zero-order valence-electron chi connectivity index (χ0n) is 11.5. The fourth-order valence-electron chi connectivity index (χ4n) is 1.75. The molecular weight excluding hydrogens is 242 g/mol. The molecule has 0 amide bonds. The van der Waals surface area contributed by atoms with Crippen molar-refractivity contribution in [3.05, 3.63) is 40.1 Å². The zero-order valence-corrected chi connectivity index (χ0v) is 11.5. The molecule has 2 rings (SSSR count). The number of pyridine rings is 1. The molecule has 0 radical (unpaired) electrons. The van der Waals surface area contributed by atoms with E-state index < -0.39 is 0 Å². The predicted molar refractivity (Wildman–Crippen MR) is 73.5 cm³/mol. The Labute approximate surface area is 111 Å². The molecule has 5 nitrogen and oxygen atoms in total. The topological polar surface area (TPSA) is 67.9 Å². The van der Waals surface area contributed by atoms with Crippen LogP contribution < -0.4 is 10.3 Å². The lowest BCUT2D eigenvalue weighted by Crippen LogP contribution is -2.16. The minimum absolute atomic E-state index is 0.107. The summed E-state index contributed by atoms with van der Waals surface area (Å²) in [6.07, 6.45) is 1.66. The molecule has 0 aromatic carbocycles. The predicted octanol–water partition coefficient (Wildman–Crippen LogP) is 2.27. The second-order valence-corrected chi connectivity index (χ2v) is 4.67. The molecule has 0 bridgehead atoms. The van der Waals surface area contributed by atoms with E-state index in [1.54, 1.807) is 26.3 Å². The van der Waals surface area contributed by atoms with Gasteiger partial charge in [0.05, 0.1) is 12.8 Å². The van der Waals surface area contributed by atoms with Crippen LogP contribution >= 0.6 is 0 Å². The third-order valence-electron chi connectivity index (χ3n) is 2.94. The third-order valence-corrected chi connectivity index (χ3v) is 2.94. The van der Waals surface area contributed by atoms with Crippen molar-refractivity contribution >= 4 is 0 Å². The van der Waals surface area contributed by atoms with Gasteiger partial charge in [-0.25, -0.2) is 9.97 Å². The molecule has 2 aromatic rings. The molecule has 1 N–H and O–H groups in total. The Hall–Kier alpha value is -2.17. The second-order valence-electron chi connectivity index (χ2n) is 4.67. The van der Waals surface area contributed by atoms with Gasteiger partial charge in [0.25, 0.3) is 5.56 Å². The van der Waals surface area contributed by atoms with Gasteiger partial charge in [-0.1, -0.05) is 13.8 Å². The molecule has 0 spiro atoms. The summed E-state index contributed by atoms with van der Waals surface area (Å²) in [6, 6.07) is 3.61. The lowest BCUT2D eigenvalue weighted by molar-refractivity contribution is 0.398. The van der Waals surface area contributed by atoms with Crippen molar-refractivity contribution in [2.24, 2.45) is 0 Å². The highest BCUT2D eigenvalue weighted by molar-refractivity contribution is 5.61. The first kappa shape index (κ1) is 13.3. The molecule has 19 heavy (non-hydrogen) atoms. The highest BCUT2D eigenvalue weighted by Crippen LogP contribution is 2.21. The summed E-state index contributed by atoms with van der Waals surface area (Å²) in [5.74, 6) is 1.38. The van der Waals surface area contributed by atoms with Gasteiger partial charge < -0.3 is 9.72 Å². The Bertz CT molecular complexity index is 630. The van der Waals surface area contributed by atoms with Crippen molar-refractivity contribution < 1.29 is 4.74 Å². The Balaban J connectivity index is 2.56. The number of aromatic nitrogens is 3. The first-order valence-electron chi connectivity index (χ1n) is 6.14. The molecule has 0 saturated heterocycles. The molecule has 100 valence electrons. The van der Waals surface area contributed by atoms with Crippen LogP contribution in [-0.2, 0) is 0 Å². The Morgan fingerprint density at radius 3 is 2.58 bits per heavy atom. The Morgan fingerprint density at radius 1 is 1.32 bits per heavy atom. The van der Waals surface area contributed by atoms with Crippen LogP contribution in [0, 0.1) is 6.92 Å². The maximum atomic E-state index is 11.9. The number of H-pyrrole nitrogens is 1. The lowest BCUT2D eigenvalue weighted by Gasteiger charge is -2.10. The van der Waals surface area contributed by atoms with Gasteiger partial charge in [0.2, 0.25) is 5.88 Å². The highest BCUT2D eigenvalue weighted by atomic mass is 16.5. The number of hydrogen-bond donors (Lipinski definition) is 1. The van der Waals surface area contributed by atoms with Crippen molar-refractivity contribution in [3.63, 3.8) is 0 Å². The molecule has 0 fully saturated rings. The quantitative estimate of drug-likeness (QED) is 0.918. The minimum atomic E-state index is -0.107. The van der Waals surface area contributed by atoms with Crippen molar-refractivity contribution in [1.82, 2.24) is 15.0 Å². The summed E-state index contributed by atoms with van der Waals surface area (Å²) < 4.78 is 5.02. The van der Waals surface area contributed by atoms with Crippen LogP contribution in [0.25, 0.3) is 11.3 Å². The summed E-state index contributed by atoms with van der Waals surface area (Å²) >= 11 is 0. The summed E-state index contributed by atoms with van der Waals surface area (Å²) in [6.45, 7) is 5.74. The number of nitrogens with zero attached hydrogens (tertiary/aromatic N) is 2. The number of nitrogens with one attached hydrogen (secondary N) is 1. The van der Waals surface area contributed by atoms with Crippen LogP contribution in [0.15, 0.2) is 23.1 Å². The van der Waals surface area contributed by atoms with E-state index in [0.717, 1.165) is 5.56 Å². The zero-order chi connectivity index (χ0) is 14.0. The molecule has 0 aliphatic carbocycles. The molecule has 0 aliphatic heterocycles. The number of aromatic amines is 1. The summed E-state index contributed by atoms with van der Waals surface area (Å²) in [5.41, 5.74) is 1.97. The average Bonchev–Trinajstić information content (AvgIpc) is 2.41. The van der Waals surface area contributed by atoms with Crippen molar-refractivity contribution in [1.29, 1.82) is 0 Å². The second kappa shape index (κ2) is 5.22. The van der Waals surface area contributed by atoms with Crippen LogP contribution in [0.4, 0.5) is 0 Å². The van der Waals surface area contributed by atoms with E-state index in [2.05, 4.69) is 15.0 Å².